The number of hydrogen-bond acceptors (Lipinski definition) is 4. The van der Waals surface area contributed by atoms with Crippen molar-refractivity contribution in [2.75, 3.05) is 7.11 Å². The first kappa shape index (κ1) is 12.9. The Bertz CT molecular complexity index is 342. The van der Waals surface area contributed by atoms with E-state index in [2.05, 4.69) is 23.8 Å². The van der Waals surface area contributed by atoms with Crippen molar-refractivity contribution >= 4 is 0 Å². The van der Waals surface area contributed by atoms with Crippen LogP contribution < -0.4 is 10.5 Å². The molecule has 90 valence electrons. The van der Waals surface area contributed by atoms with Gasteiger partial charge in [-0.05, 0) is 19.8 Å². The van der Waals surface area contributed by atoms with Gasteiger partial charge in [0.15, 0.2) is 0 Å². The first-order chi connectivity index (χ1) is 7.49. The molecule has 0 bridgehead atoms. The second-order valence-electron chi connectivity index (χ2n) is 4.52. The van der Waals surface area contributed by atoms with Gasteiger partial charge in [-0.15, -0.1) is 0 Å². The molecular formula is C12H21N3O. The minimum Gasteiger partial charge on any atom is -0.481 e. The van der Waals surface area contributed by atoms with E-state index in [1.54, 1.807) is 13.4 Å². The molecule has 1 rings (SSSR count). The number of rotatable bonds is 4. The van der Waals surface area contributed by atoms with Crippen LogP contribution in [0.1, 0.15) is 37.9 Å². The van der Waals surface area contributed by atoms with Gasteiger partial charge in [0, 0.05) is 17.5 Å². The van der Waals surface area contributed by atoms with Crippen LogP contribution in [0.5, 0.6) is 5.88 Å². The zero-order valence-electron chi connectivity index (χ0n) is 10.7. The quantitative estimate of drug-likeness (QED) is 0.846. The fraction of sp³-hybridized carbons (Fsp3) is 0.667. The summed E-state index contributed by atoms with van der Waals surface area (Å²) in [5.41, 5.74) is 8.01. The number of methoxy groups -OCH3 is 1. The summed E-state index contributed by atoms with van der Waals surface area (Å²) >= 11 is 0. The van der Waals surface area contributed by atoms with Gasteiger partial charge in [0.2, 0.25) is 5.88 Å². The zero-order chi connectivity index (χ0) is 12.3. The third-order valence-electron chi connectivity index (χ3n) is 2.87. The molecule has 16 heavy (non-hydrogen) atoms. The van der Waals surface area contributed by atoms with Gasteiger partial charge in [0.1, 0.15) is 6.33 Å². The van der Waals surface area contributed by atoms with Crippen LogP contribution in [0.3, 0.4) is 0 Å². The van der Waals surface area contributed by atoms with Gasteiger partial charge >= 0.3 is 0 Å². The summed E-state index contributed by atoms with van der Waals surface area (Å²) in [6.07, 6.45) is 1.54. The predicted molar refractivity (Wildman–Crippen MR) is 64.5 cm³/mol. The van der Waals surface area contributed by atoms with E-state index in [-0.39, 0.29) is 12.0 Å². The van der Waals surface area contributed by atoms with E-state index in [9.17, 15) is 0 Å². The molecule has 0 saturated carbocycles. The summed E-state index contributed by atoms with van der Waals surface area (Å²) in [5, 5.41) is 0. The molecule has 4 heteroatoms. The van der Waals surface area contributed by atoms with Crippen LogP contribution in [-0.2, 0) is 0 Å². The van der Waals surface area contributed by atoms with E-state index in [1.165, 1.54) is 0 Å². The van der Waals surface area contributed by atoms with Crippen LogP contribution >= 0.6 is 0 Å². The van der Waals surface area contributed by atoms with Crippen molar-refractivity contribution in [1.29, 1.82) is 0 Å². The molecule has 0 aliphatic heterocycles. The maximum Gasteiger partial charge on any atom is 0.219 e. The molecule has 0 saturated heterocycles. The molecular weight excluding hydrogens is 202 g/mol. The molecule has 1 aromatic rings. The lowest BCUT2D eigenvalue weighted by molar-refractivity contribution is 0.383. The highest BCUT2D eigenvalue weighted by atomic mass is 16.5. The molecule has 0 spiro atoms. The monoisotopic (exact) mass is 223 g/mol. The Hall–Kier alpha value is -1.16. The highest BCUT2D eigenvalue weighted by Crippen LogP contribution is 2.30. The van der Waals surface area contributed by atoms with Crippen LogP contribution in [0.2, 0.25) is 0 Å². The molecule has 1 aromatic heterocycles. The largest absolute Gasteiger partial charge is 0.481 e. The number of aromatic nitrogens is 2. The standard InChI is InChI=1S/C12H21N3O/c1-7(2)10(9(4)13)11-8(3)12(16-5)15-6-14-11/h6-7,9-10H,13H2,1-5H3. The van der Waals surface area contributed by atoms with Crippen molar-refractivity contribution in [3.05, 3.63) is 17.6 Å². The summed E-state index contributed by atoms with van der Waals surface area (Å²) in [6, 6.07) is 0.0679. The Morgan fingerprint density at radius 1 is 1.25 bits per heavy atom. The van der Waals surface area contributed by atoms with Crippen molar-refractivity contribution in [3.63, 3.8) is 0 Å². The summed E-state index contributed by atoms with van der Waals surface area (Å²) in [4.78, 5) is 8.44. The molecule has 2 N–H and O–H groups in total. The predicted octanol–water partition coefficient (Wildman–Crippen LogP) is 1.88. The first-order valence-corrected chi connectivity index (χ1v) is 5.60. The summed E-state index contributed by atoms with van der Waals surface area (Å²) in [6.45, 7) is 8.30. The SMILES string of the molecule is COc1ncnc(C(C(C)C)C(C)N)c1C. The second-order valence-corrected chi connectivity index (χ2v) is 4.52. The lowest BCUT2D eigenvalue weighted by atomic mass is 9.85. The molecule has 0 radical (unpaired) electrons. The highest BCUT2D eigenvalue weighted by Gasteiger charge is 2.24. The van der Waals surface area contributed by atoms with Crippen molar-refractivity contribution < 1.29 is 4.74 Å². The van der Waals surface area contributed by atoms with E-state index in [0.717, 1.165) is 11.3 Å². The minimum atomic E-state index is 0.0679. The number of nitrogens with two attached hydrogens (primary N) is 1. The van der Waals surface area contributed by atoms with Gasteiger partial charge in [-0.1, -0.05) is 13.8 Å². The maximum absolute atomic E-state index is 6.03. The van der Waals surface area contributed by atoms with E-state index in [0.29, 0.717) is 11.8 Å². The third-order valence-corrected chi connectivity index (χ3v) is 2.87. The van der Waals surface area contributed by atoms with Gasteiger partial charge in [0.25, 0.3) is 0 Å². The van der Waals surface area contributed by atoms with Crippen molar-refractivity contribution in [2.45, 2.75) is 39.7 Å². The van der Waals surface area contributed by atoms with Crippen molar-refractivity contribution in [2.24, 2.45) is 11.7 Å². The maximum atomic E-state index is 6.03. The zero-order valence-corrected chi connectivity index (χ0v) is 10.7. The Labute approximate surface area is 97.2 Å². The van der Waals surface area contributed by atoms with Gasteiger partial charge in [0.05, 0.1) is 12.8 Å². The third kappa shape index (κ3) is 2.50. The lowest BCUT2D eigenvalue weighted by Gasteiger charge is -2.25. The van der Waals surface area contributed by atoms with Gasteiger partial charge in [-0.3, -0.25) is 0 Å². The molecule has 4 nitrogen and oxygen atoms in total. The molecule has 2 unspecified atom stereocenters. The number of ether oxygens (including phenoxy) is 1. The van der Waals surface area contributed by atoms with Crippen molar-refractivity contribution in [3.8, 4) is 5.88 Å². The van der Waals surface area contributed by atoms with Crippen LogP contribution in [-0.4, -0.2) is 23.1 Å². The van der Waals surface area contributed by atoms with Gasteiger partial charge in [-0.2, -0.15) is 0 Å². The first-order valence-electron chi connectivity index (χ1n) is 5.60. The van der Waals surface area contributed by atoms with E-state index in [4.69, 9.17) is 10.5 Å². The van der Waals surface area contributed by atoms with Crippen LogP contribution in [0.25, 0.3) is 0 Å². The molecule has 0 aliphatic carbocycles. The van der Waals surface area contributed by atoms with Crippen LogP contribution in [0, 0.1) is 12.8 Å². The topological polar surface area (TPSA) is 61.0 Å². The van der Waals surface area contributed by atoms with E-state index >= 15 is 0 Å². The van der Waals surface area contributed by atoms with Crippen LogP contribution in [0.4, 0.5) is 0 Å². The smallest absolute Gasteiger partial charge is 0.219 e. The molecule has 0 aromatic carbocycles. The summed E-state index contributed by atoms with van der Waals surface area (Å²) < 4.78 is 5.20. The number of nitrogens with zero attached hydrogens (tertiary/aromatic N) is 2. The Kier molecular flexibility index (Phi) is 4.24. The summed E-state index contributed by atoms with van der Waals surface area (Å²) in [7, 11) is 1.62. The summed E-state index contributed by atoms with van der Waals surface area (Å²) in [5.74, 6) is 1.31. The fourth-order valence-electron chi connectivity index (χ4n) is 2.16. The Morgan fingerprint density at radius 2 is 1.88 bits per heavy atom. The molecule has 2 atom stereocenters. The van der Waals surface area contributed by atoms with Gasteiger partial charge < -0.3 is 10.5 Å². The Balaban J connectivity index is 3.19. The minimum absolute atomic E-state index is 0.0679. The van der Waals surface area contributed by atoms with E-state index < -0.39 is 0 Å². The number of hydrogen-bond donors (Lipinski definition) is 1. The lowest BCUT2D eigenvalue weighted by Crippen LogP contribution is -2.30. The molecule has 0 amide bonds. The average Bonchev–Trinajstić information content (AvgIpc) is 2.20. The normalized spacial score (nSPS) is 14.9. The Morgan fingerprint density at radius 3 is 2.31 bits per heavy atom. The molecule has 0 fully saturated rings. The average molecular weight is 223 g/mol. The molecule has 1 heterocycles. The second kappa shape index (κ2) is 5.25. The van der Waals surface area contributed by atoms with E-state index in [1.807, 2.05) is 13.8 Å². The highest BCUT2D eigenvalue weighted by molar-refractivity contribution is 5.31. The van der Waals surface area contributed by atoms with Gasteiger partial charge in [-0.25, -0.2) is 9.97 Å². The van der Waals surface area contributed by atoms with Crippen molar-refractivity contribution in [1.82, 2.24) is 9.97 Å². The molecule has 0 aliphatic rings. The fourth-order valence-corrected chi connectivity index (χ4v) is 2.16. The van der Waals surface area contributed by atoms with Crippen LogP contribution in [0.15, 0.2) is 6.33 Å².